The van der Waals surface area contributed by atoms with Crippen molar-refractivity contribution in [1.29, 1.82) is 0 Å². The molecular weight excluding hydrogens is 334 g/mol. The molecule has 0 bridgehead atoms. The minimum atomic E-state index is -0.0156. The zero-order chi connectivity index (χ0) is 17.6. The number of fused-ring (bicyclic) bond motifs is 1. The number of aryl methyl sites for hydroxylation is 3. The van der Waals surface area contributed by atoms with Crippen LogP contribution in [0.15, 0.2) is 17.2 Å². The summed E-state index contributed by atoms with van der Waals surface area (Å²) in [5.41, 5.74) is 2.22. The van der Waals surface area contributed by atoms with E-state index >= 15 is 0 Å². The van der Waals surface area contributed by atoms with Gasteiger partial charge in [-0.25, -0.2) is 4.98 Å². The smallest absolute Gasteiger partial charge is 0.259 e. The van der Waals surface area contributed by atoms with Gasteiger partial charge in [-0.05, 0) is 51.3 Å². The molecule has 7 heteroatoms. The van der Waals surface area contributed by atoms with Crippen LogP contribution in [0.25, 0.3) is 10.2 Å². The molecule has 1 atom stereocenters. The fraction of sp³-hybridized carbons (Fsp3) is 0.500. The number of hydrogen-bond acceptors (Lipinski definition) is 5. The van der Waals surface area contributed by atoms with E-state index in [9.17, 15) is 4.79 Å². The van der Waals surface area contributed by atoms with Gasteiger partial charge < -0.3 is 4.98 Å². The molecule has 4 heterocycles. The Morgan fingerprint density at radius 1 is 1.36 bits per heavy atom. The maximum atomic E-state index is 12.4. The van der Waals surface area contributed by atoms with E-state index in [2.05, 4.69) is 32.8 Å². The number of hydrogen-bond donors (Lipinski definition) is 1. The summed E-state index contributed by atoms with van der Waals surface area (Å²) in [6, 6.07) is 0.393. The first-order valence-corrected chi connectivity index (χ1v) is 9.55. The van der Waals surface area contributed by atoms with Gasteiger partial charge in [-0.3, -0.25) is 14.4 Å². The van der Waals surface area contributed by atoms with Crippen LogP contribution in [-0.2, 0) is 6.54 Å². The summed E-state index contributed by atoms with van der Waals surface area (Å²) in [6.45, 7) is 8.75. The quantitative estimate of drug-likeness (QED) is 0.783. The third-order valence-corrected chi connectivity index (χ3v) is 6.15. The van der Waals surface area contributed by atoms with E-state index in [0.29, 0.717) is 12.6 Å². The average molecular weight is 357 g/mol. The molecule has 0 amide bonds. The molecule has 1 fully saturated rings. The number of nitrogens with zero attached hydrogens (tertiary/aromatic N) is 4. The maximum absolute atomic E-state index is 12.4. The average Bonchev–Trinajstić information content (AvgIpc) is 3.12. The lowest BCUT2D eigenvalue weighted by Crippen LogP contribution is -2.37. The molecule has 6 nitrogen and oxygen atoms in total. The van der Waals surface area contributed by atoms with Crippen LogP contribution in [0.5, 0.6) is 0 Å². The van der Waals surface area contributed by atoms with Gasteiger partial charge in [0.2, 0.25) is 0 Å². The first kappa shape index (κ1) is 16.5. The highest BCUT2D eigenvalue weighted by Gasteiger charge is 2.23. The lowest BCUT2D eigenvalue weighted by Gasteiger charge is -2.32. The summed E-state index contributed by atoms with van der Waals surface area (Å²) >= 11 is 1.61. The first-order valence-electron chi connectivity index (χ1n) is 8.73. The Kier molecular flexibility index (Phi) is 4.21. The van der Waals surface area contributed by atoms with Crippen LogP contribution in [0.3, 0.4) is 0 Å². The molecule has 1 aliphatic rings. The number of rotatable bonds is 3. The molecule has 3 aromatic heterocycles. The normalized spacial score (nSPS) is 18.9. The Bertz CT molecular complexity index is 970. The Morgan fingerprint density at radius 2 is 2.20 bits per heavy atom. The standard InChI is InChI=1S/C18H23N5OS/c1-11-7-19-23(8-11)14-5-4-6-22(9-14)10-15-20-17(24)16-12(2)13(3)25-18(16)21-15/h7-8,14H,4-6,9-10H2,1-3H3,(H,20,21,24). The maximum Gasteiger partial charge on any atom is 0.259 e. The fourth-order valence-electron chi connectivity index (χ4n) is 3.61. The van der Waals surface area contributed by atoms with Crippen molar-refractivity contribution in [3.8, 4) is 0 Å². The molecule has 0 aromatic carbocycles. The summed E-state index contributed by atoms with van der Waals surface area (Å²) in [7, 11) is 0. The Balaban J connectivity index is 1.55. The van der Waals surface area contributed by atoms with Gasteiger partial charge >= 0.3 is 0 Å². The zero-order valence-electron chi connectivity index (χ0n) is 14.9. The van der Waals surface area contributed by atoms with Crippen LogP contribution in [0.4, 0.5) is 0 Å². The number of H-pyrrole nitrogens is 1. The van der Waals surface area contributed by atoms with Crippen LogP contribution in [-0.4, -0.2) is 37.7 Å². The van der Waals surface area contributed by atoms with Gasteiger partial charge in [-0.1, -0.05) is 0 Å². The van der Waals surface area contributed by atoms with E-state index in [1.54, 1.807) is 11.3 Å². The SMILES string of the molecule is Cc1cnn(C2CCCN(Cc3nc4sc(C)c(C)c4c(=O)[nH]3)C2)c1. The molecule has 0 aliphatic carbocycles. The second-order valence-corrected chi connectivity index (χ2v) is 8.21. The predicted octanol–water partition coefficient (Wildman–Crippen LogP) is 2.94. The van der Waals surface area contributed by atoms with Crippen LogP contribution >= 0.6 is 11.3 Å². The number of thiophene rings is 1. The van der Waals surface area contributed by atoms with Crippen LogP contribution in [0.1, 0.15) is 40.7 Å². The molecule has 0 saturated carbocycles. The molecular formula is C18H23N5OS. The molecule has 3 aromatic rings. The van der Waals surface area contributed by atoms with Gasteiger partial charge in [0.25, 0.3) is 5.56 Å². The number of aromatic nitrogens is 4. The summed E-state index contributed by atoms with van der Waals surface area (Å²) in [5.74, 6) is 0.760. The third-order valence-electron chi connectivity index (χ3n) is 5.05. The van der Waals surface area contributed by atoms with Crippen LogP contribution in [0, 0.1) is 20.8 Å². The van der Waals surface area contributed by atoms with Gasteiger partial charge in [0.15, 0.2) is 0 Å². The summed E-state index contributed by atoms with van der Waals surface area (Å²) in [4.78, 5) is 24.5. The minimum Gasteiger partial charge on any atom is -0.309 e. The Labute approximate surface area is 150 Å². The van der Waals surface area contributed by atoms with Crippen LogP contribution < -0.4 is 5.56 Å². The summed E-state index contributed by atoms with van der Waals surface area (Å²) < 4.78 is 2.08. The van der Waals surface area contributed by atoms with Gasteiger partial charge in [0.1, 0.15) is 10.7 Å². The third kappa shape index (κ3) is 3.14. The minimum absolute atomic E-state index is 0.0156. The van der Waals surface area contributed by atoms with Crippen molar-refractivity contribution in [2.75, 3.05) is 13.1 Å². The van der Waals surface area contributed by atoms with Crippen molar-refractivity contribution in [2.45, 2.75) is 46.2 Å². The highest BCUT2D eigenvalue weighted by molar-refractivity contribution is 7.18. The van der Waals surface area contributed by atoms with Crippen molar-refractivity contribution in [3.05, 3.63) is 44.6 Å². The molecule has 1 unspecified atom stereocenters. The number of aromatic amines is 1. The first-order chi connectivity index (χ1) is 12.0. The Morgan fingerprint density at radius 3 is 2.96 bits per heavy atom. The largest absolute Gasteiger partial charge is 0.309 e. The molecule has 132 valence electrons. The van der Waals surface area contributed by atoms with Crippen molar-refractivity contribution in [1.82, 2.24) is 24.6 Å². The fourth-order valence-corrected chi connectivity index (χ4v) is 4.66. The van der Waals surface area contributed by atoms with Gasteiger partial charge in [0, 0.05) is 17.6 Å². The molecule has 0 spiro atoms. The monoisotopic (exact) mass is 357 g/mol. The van der Waals surface area contributed by atoms with Gasteiger partial charge in [-0.15, -0.1) is 11.3 Å². The van der Waals surface area contributed by atoms with E-state index in [1.807, 2.05) is 20.0 Å². The highest BCUT2D eigenvalue weighted by Crippen LogP contribution is 2.26. The molecule has 1 N–H and O–H groups in total. The molecule has 25 heavy (non-hydrogen) atoms. The van der Waals surface area contributed by atoms with E-state index in [-0.39, 0.29) is 5.56 Å². The van der Waals surface area contributed by atoms with E-state index in [1.165, 1.54) is 5.56 Å². The summed E-state index contributed by atoms with van der Waals surface area (Å²) in [5, 5.41) is 5.21. The van der Waals surface area contributed by atoms with E-state index < -0.39 is 0 Å². The van der Waals surface area contributed by atoms with E-state index in [4.69, 9.17) is 4.98 Å². The molecule has 4 rings (SSSR count). The molecule has 1 saturated heterocycles. The van der Waals surface area contributed by atoms with Crippen molar-refractivity contribution < 1.29 is 0 Å². The number of likely N-dealkylation sites (tertiary alicyclic amines) is 1. The lowest BCUT2D eigenvalue weighted by atomic mass is 10.1. The van der Waals surface area contributed by atoms with Crippen molar-refractivity contribution in [3.63, 3.8) is 0 Å². The summed E-state index contributed by atoms with van der Waals surface area (Å²) in [6.07, 6.45) is 6.29. The molecule has 1 aliphatic heterocycles. The van der Waals surface area contributed by atoms with Gasteiger partial charge in [-0.2, -0.15) is 5.10 Å². The number of piperidine rings is 1. The second kappa shape index (κ2) is 6.38. The van der Waals surface area contributed by atoms with Crippen molar-refractivity contribution in [2.24, 2.45) is 0 Å². The topological polar surface area (TPSA) is 66.8 Å². The molecule has 0 radical (unpaired) electrons. The Hall–Kier alpha value is -1.99. The predicted molar refractivity (Wildman–Crippen MR) is 100 cm³/mol. The van der Waals surface area contributed by atoms with Crippen LogP contribution in [0.2, 0.25) is 0 Å². The van der Waals surface area contributed by atoms with E-state index in [0.717, 1.165) is 52.4 Å². The van der Waals surface area contributed by atoms with Gasteiger partial charge in [0.05, 0.1) is 24.2 Å². The van der Waals surface area contributed by atoms with Crippen molar-refractivity contribution >= 4 is 21.6 Å². The number of nitrogens with one attached hydrogen (secondary N) is 1. The zero-order valence-corrected chi connectivity index (χ0v) is 15.7. The highest BCUT2D eigenvalue weighted by atomic mass is 32.1. The lowest BCUT2D eigenvalue weighted by molar-refractivity contribution is 0.160. The second-order valence-electron chi connectivity index (χ2n) is 7.00.